The Labute approximate surface area is 178 Å². The number of hydrogen-bond acceptors (Lipinski definition) is 5. The predicted octanol–water partition coefficient (Wildman–Crippen LogP) is 2.86. The Morgan fingerprint density at radius 1 is 0.933 bits per heavy atom. The molecular formula is C23H31N5O2. The number of nitrogens with zero attached hydrogens (tertiary/aromatic N) is 5. The average Bonchev–Trinajstić information content (AvgIpc) is 3.07. The molecule has 1 aromatic heterocycles. The van der Waals surface area contributed by atoms with Crippen molar-refractivity contribution in [3.05, 3.63) is 41.5 Å². The number of hydrogen-bond donors (Lipinski definition) is 0. The number of aromatic nitrogens is 3. The van der Waals surface area contributed by atoms with E-state index in [-0.39, 0.29) is 5.91 Å². The number of para-hydroxylation sites is 1. The van der Waals surface area contributed by atoms with Crippen molar-refractivity contribution < 1.29 is 9.53 Å². The van der Waals surface area contributed by atoms with Crippen LogP contribution in [0.3, 0.4) is 0 Å². The topological polar surface area (TPSA) is 63.5 Å². The van der Waals surface area contributed by atoms with Gasteiger partial charge < -0.3 is 19.1 Å². The number of amides is 1. The van der Waals surface area contributed by atoms with Crippen molar-refractivity contribution in [1.82, 2.24) is 19.7 Å². The van der Waals surface area contributed by atoms with Crippen LogP contribution in [0, 0.1) is 0 Å². The van der Waals surface area contributed by atoms with E-state index in [0.29, 0.717) is 5.92 Å². The summed E-state index contributed by atoms with van der Waals surface area (Å²) in [5.74, 6) is 2.85. The fourth-order valence-corrected chi connectivity index (χ4v) is 5.06. The second kappa shape index (κ2) is 8.76. The van der Waals surface area contributed by atoms with Crippen molar-refractivity contribution in [2.75, 3.05) is 44.3 Å². The standard InChI is InChI=1S/C23H31N5O2/c29-23(19-6-3-4-7-20(19)26-14-16-30-17-15-26)27-12-9-18(10-13-27)22-25-24-21-8-2-1-5-11-28(21)22/h3-4,6-7,18H,1-2,5,8-17H2. The lowest BCUT2D eigenvalue weighted by Crippen LogP contribution is -2.41. The summed E-state index contributed by atoms with van der Waals surface area (Å²) in [6.45, 7) is 5.72. The maximum absolute atomic E-state index is 13.4. The van der Waals surface area contributed by atoms with Crippen LogP contribution in [0.5, 0.6) is 0 Å². The zero-order valence-electron chi connectivity index (χ0n) is 17.6. The highest BCUT2D eigenvalue weighted by Crippen LogP contribution is 2.31. The molecule has 3 aliphatic heterocycles. The van der Waals surface area contributed by atoms with Gasteiger partial charge in [-0.25, -0.2) is 0 Å². The number of carbonyl (C=O) groups excluding carboxylic acids is 1. The monoisotopic (exact) mass is 409 g/mol. The summed E-state index contributed by atoms with van der Waals surface area (Å²) in [5, 5.41) is 9.03. The molecule has 0 spiro atoms. The van der Waals surface area contributed by atoms with Gasteiger partial charge in [-0.05, 0) is 37.8 Å². The number of aryl methyl sites for hydroxylation is 1. The molecule has 0 bridgehead atoms. The van der Waals surface area contributed by atoms with E-state index in [9.17, 15) is 4.79 Å². The number of rotatable bonds is 3. The van der Waals surface area contributed by atoms with Gasteiger partial charge in [0.05, 0.1) is 18.8 Å². The minimum atomic E-state index is 0.149. The zero-order chi connectivity index (χ0) is 20.3. The zero-order valence-corrected chi connectivity index (χ0v) is 17.6. The van der Waals surface area contributed by atoms with Crippen LogP contribution in [0.1, 0.15) is 60.0 Å². The highest BCUT2D eigenvalue weighted by Gasteiger charge is 2.30. The lowest BCUT2D eigenvalue weighted by Gasteiger charge is -2.34. The Balaban J connectivity index is 1.27. The Hall–Kier alpha value is -2.41. The van der Waals surface area contributed by atoms with Gasteiger partial charge in [-0.1, -0.05) is 18.6 Å². The average molecular weight is 410 g/mol. The SMILES string of the molecule is O=C(c1ccccc1N1CCOCC1)N1CCC(c2nnc3n2CCCCC3)CC1. The summed E-state index contributed by atoms with van der Waals surface area (Å²) in [7, 11) is 0. The number of ether oxygens (including phenoxy) is 1. The van der Waals surface area contributed by atoms with E-state index in [2.05, 4.69) is 25.7 Å². The highest BCUT2D eigenvalue weighted by atomic mass is 16.5. The number of piperidine rings is 1. The molecule has 1 aromatic carbocycles. The fraction of sp³-hybridized carbons (Fsp3) is 0.609. The van der Waals surface area contributed by atoms with Gasteiger partial charge in [-0.2, -0.15) is 0 Å². The molecule has 2 fully saturated rings. The maximum Gasteiger partial charge on any atom is 0.255 e. The van der Waals surface area contributed by atoms with E-state index in [1.807, 2.05) is 23.1 Å². The summed E-state index contributed by atoms with van der Waals surface area (Å²) < 4.78 is 7.85. The van der Waals surface area contributed by atoms with Gasteiger partial charge in [0.1, 0.15) is 11.6 Å². The predicted molar refractivity (Wildman–Crippen MR) is 115 cm³/mol. The molecular weight excluding hydrogens is 378 g/mol. The van der Waals surface area contributed by atoms with Crippen molar-refractivity contribution in [2.24, 2.45) is 0 Å². The Morgan fingerprint density at radius 2 is 1.73 bits per heavy atom. The Morgan fingerprint density at radius 3 is 2.57 bits per heavy atom. The molecule has 4 heterocycles. The summed E-state index contributed by atoms with van der Waals surface area (Å²) in [5.41, 5.74) is 1.85. The molecule has 1 amide bonds. The molecule has 2 aromatic rings. The number of morpholine rings is 1. The van der Waals surface area contributed by atoms with Crippen molar-refractivity contribution >= 4 is 11.6 Å². The van der Waals surface area contributed by atoms with E-state index in [1.165, 1.54) is 19.3 Å². The molecule has 0 N–H and O–H groups in total. The van der Waals surface area contributed by atoms with E-state index in [4.69, 9.17) is 4.74 Å². The quantitative estimate of drug-likeness (QED) is 0.780. The molecule has 2 saturated heterocycles. The molecule has 0 atom stereocenters. The van der Waals surface area contributed by atoms with E-state index < -0.39 is 0 Å². The molecule has 0 aliphatic carbocycles. The summed E-state index contributed by atoms with van der Waals surface area (Å²) in [6, 6.07) is 8.02. The van der Waals surface area contributed by atoms with E-state index in [0.717, 1.165) is 88.1 Å². The third kappa shape index (κ3) is 3.83. The first-order valence-corrected chi connectivity index (χ1v) is 11.4. The highest BCUT2D eigenvalue weighted by molar-refractivity contribution is 5.99. The van der Waals surface area contributed by atoms with Crippen molar-refractivity contribution in [3.8, 4) is 0 Å². The largest absolute Gasteiger partial charge is 0.378 e. The van der Waals surface area contributed by atoms with Gasteiger partial charge in [0.2, 0.25) is 0 Å². The first-order chi connectivity index (χ1) is 14.8. The van der Waals surface area contributed by atoms with Crippen LogP contribution in [-0.4, -0.2) is 65.0 Å². The number of carbonyl (C=O) groups is 1. The maximum atomic E-state index is 13.4. The smallest absolute Gasteiger partial charge is 0.255 e. The van der Waals surface area contributed by atoms with Crippen LogP contribution in [-0.2, 0) is 17.7 Å². The molecule has 5 rings (SSSR count). The second-order valence-corrected chi connectivity index (χ2v) is 8.62. The fourth-order valence-electron chi connectivity index (χ4n) is 5.06. The third-order valence-electron chi connectivity index (χ3n) is 6.77. The summed E-state index contributed by atoms with van der Waals surface area (Å²) >= 11 is 0. The van der Waals surface area contributed by atoms with Crippen LogP contribution in [0.4, 0.5) is 5.69 Å². The van der Waals surface area contributed by atoms with Gasteiger partial charge in [0.15, 0.2) is 0 Å². The molecule has 7 nitrogen and oxygen atoms in total. The lowest BCUT2D eigenvalue weighted by atomic mass is 9.95. The second-order valence-electron chi connectivity index (χ2n) is 8.62. The van der Waals surface area contributed by atoms with Crippen LogP contribution in [0.2, 0.25) is 0 Å². The van der Waals surface area contributed by atoms with Crippen LogP contribution < -0.4 is 4.90 Å². The molecule has 0 radical (unpaired) electrons. The van der Waals surface area contributed by atoms with Gasteiger partial charge in [0, 0.05) is 50.7 Å². The minimum Gasteiger partial charge on any atom is -0.378 e. The van der Waals surface area contributed by atoms with E-state index >= 15 is 0 Å². The normalized spacial score (nSPS) is 20.7. The number of likely N-dealkylation sites (tertiary alicyclic amines) is 1. The summed E-state index contributed by atoms with van der Waals surface area (Å²) in [4.78, 5) is 17.7. The first kappa shape index (κ1) is 19.5. The number of anilines is 1. The van der Waals surface area contributed by atoms with E-state index in [1.54, 1.807) is 0 Å². The number of benzene rings is 1. The van der Waals surface area contributed by atoms with Crippen molar-refractivity contribution in [1.29, 1.82) is 0 Å². The number of fused-ring (bicyclic) bond motifs is 1. The minimum absolute atomic E-state index is 0.149. The van der Waals surface area contributed by atoms with Gasteiger partial charge in [0.25, 0.3) is 5.91 Å². The lowest BCUT2D eigenvalue weighted by molar-refractivity contribution is 0.0709. The van der Waals surface area contributed by atoms with Gasteiger partial charge >= 0.3 is 0 Å². The molecule has 160 valence electrons. The van der Waals surface area contributed by atoms with Crippen LogP contribution >= 0.6 is 0 Å². The molecule has 3 aliphatic rings. The summed E-state index contributed by atoms with van der Waals surface area (Å²) in [6.07, 6.45) is 6.68. The van der Waals surface area contributed by atoms with Crippen LogP contribution in [0.25, 0.3) is 0 Å². The first-order valence-electron chi connectivity index (χ1n) is 11.4. The molecule has 0 saturated carbocycles. The molecule has 30 heavy (non-hydrogen) atoms. The van der Waals surface area contributed by atoms with Crippen LogP contribution in [0.15, 0.2) is 24.3 Å². The van der Waals surface area contributed by atoms with Crippen molar-refractivity contribution in [3.63, 3.8) is 0 Å². The molecule has 7 heteroatoms. The third-order valence-corrected chi connectivity index (χ3v) is 6.77. The van der Waals surface area contributed by atoms with Crippen molar-refractivity contribution in [2.45, 2.75) is 51.0 Å². The van der Waals surface area contributed by atoms with Gasteiger partial charge in [-0.3, -0.25) is 4.79 Å². The Kier molecular flexibility index (Phi) is 5.71. The molecule has 0 unspecified atom stereocenters. The Bertz CT molecular complexity index is 881. The van der Waals surface area contributed by atoms with Gasteiger partial charge in [-0.15, -0.1) is 10.2 Å².